The molecule has 0 aliphatic heterocycles. The normalized spacial score (nSPS) is 12.2. The Labute approximate surface area is 305 Å². The lowest BCUT2D eigenvalue weighted by molar-refractivity contribution is 1.02. The third-order valence-electron chi connectivity index (χ3n) is 11.3. The summed E-state index contributed by atoms with van der Waals surface area (Å²) < 4.78 is 2.35. The van der Waals surface area contributed by atoms with E-state index in [4.69, 9.17) is 9.97 Å². The Balaban J connectivity index is 1.24. The molecule has 0 bridgehead atoms. The summed E-state index contributed by atoms with van der Waals surface area (Å²) in [6, 6.07) is 63.5. The smallest absolute Gasteiger partial charge is 0.235 e. The Morgan fingerprint density at radius 1 is 0.358 bits per heavy atom. The van der Waals surface area contributed by atoms with Gasteiger partial charge < -0.3 is 0 Å². The molecule has 0 spiro atoms. The molecule has 2 heterocycles. The van der Waals surface area contributed by atoms with Crippen LogP contribution in [0.5, 0.6) is 0 Å². The Morgan fingerprint density at radius 2 is 0.962 bits per heavy atom. The lowest BCUT2D eigenvalue weighted by atomic mass is 9.97. The van der Waals surface area contributed by atoms with E-state index in [1.807, 2.05) is 0 Å². The second kappa shape index (κ2) is 10.7. The standard InChI is InChI=1S/C50H29N3/c1-2-11-30(12-3-1)31-21-23-34(24-22-31)47-42-28-26-32-13-4-6-15-35(32)48(42)52-50(51-47)53-44-29-43-38-18-9-8-17-37(38)39-19-10-20-40(45(39)43)46(44)41-27-25-33-14-5-7-16-36(33)49(41)53/h1-29H. The molecule has 1 aliphatic rings. The molecular formula is C50H29N3. The highest BCUT2D eigenvalue weighted by Gasteiger charge is 2.27. The summed E-state index contributed by atoms with van der Waals surface area (Å²) in [6.45, 7) is 0. The molecule has 0 saturated carbocycles. The highest BCUT2D eigenvalue weighted by molar-refractivity contribution is 6.31. The second-order valence-corrected chi connectivity index (χ2v) is 14.1. The van der Waals surface area contributed by atoms with Gasteiger partial charge in [0.15, 0.2) is 0 Å². The Kier molecular flexibility index (Phi) is 5.77. The Hall–Kier alpha value is -7.10. The fourth-order valence-corrected chi connectivity index (χ4v) is 8.97. The SMILES string of the molecule is c1ccc(-c2ccc(-c3nc(-n4c5cc6c7c(cccc7c5c5ccc7ccccc7c54)-c4ccccc4-6)nc4c3ccc3ccccc34)cc2)cc1. The van der Waals surface area contributed by atoms with E-state index >= 15 is 0 Å². The summed E-state index contributed by atoms with van der Waals surface area (Å²) in [5.41, 5.74) is 12.6. The van der Waals surface area contributed by atoms with Crippen molar-refractivity contribution in [1.29, 1.82) is 0 Å². The molecule has 1 aliphatic carbocycles. The topological polar surface area (TPSA) is 30.7 Å². The van der Waals surface area contributed by atoms with Gasteiger partial charge in [0.2, 0.25) is 5.95 Å². The maximum Gasteiger partial charge on any atom is 0.235 e. The third kappa shape index (κ3) is 3.99. The van der Waals surface area contributed by atoms with Crippen molar-refractivity contribution < 1.29 is 0 Å². The van der Waals surface area contributed by atoms with Gasteiger partial charge >= 0.3 is 0 Å². The van der Waals surface area contributed by atoms with Crippen LogP contribution in [0.15, 0.2) is 176 Å². The average molecular weight is 672 g/mol. The second-order valence-electron chi connectivity index (χ2n) is 14.1. The quantitative estimate of drug-likeness (QED) is 0.175. The lowest BCUT2D eigenvalue weighted by Gasteiger charge is -2.14. The highest BCUT2D eigenvalue weighted by atomic mass is 15.2. The molecule has 0 fully saturated rings. The van der Waals surface area contributed by atoms with E-state index in [-0.39, 0.29) is 0 Å². The van der Waals surface area contributed by atoms with Gasteiger partial charge in [0, 0.05) is 32.5 Å². The molecule has 53 heavy (non-hydrogen) atoms. The molecule has 0 unspecified atom stereocenters. The number of fused-ring (bicyclic) bond motifs is 12. The number of benzene rings is 9. The number of hydrogen-bond acceptors (Lipinski definition) is 2. The molecule has 0 atom stereocenters. The van der Waals surface area contributed by atoms with Crippen LogP contribution in [0.2, 0.25) is 0 Å². The van der Waals surface area contributed by atoms with Gasteiger partial charge in [0.05, 0.1) is 22.2 Å². The van der Waals surface area contributed by atoms with E-state index in [2.05, 4.69) is 180 Å². The average Bonchev–Trinajstić information content (AvgIpc) is 3.75. The number of aromatic nitrogens is 3. The summed E-state index contributed by atoms with van der Waals surface area (Å²) in [5.74, 6) is 0.668. The van der Waals surface area contributed by atoms with Crippen LogP contribution in [0.25, 0.3) is 116 Å². The monoisotopic (exact) mass is 671 g/mol. The molecule has 9 aromatic carbocycles. The minimum Gasteiger partial charge on any atom is -0.277 e. The van der Waals surface area contributed by atoms with Crippen LogP contribution in [0.1, 0.15) is 0 Å². The van der Waals surface area contributed by atoms with E-state index in [0.29, 0.717) is 5.95 Å². The van der Waals surface area contributed by atoms with Crippen LogP contribution < -0.4 is 0 Å². The maximum atomic E-state index is 5.57. The maximum absolute atomic E-state index is 5.57. The minimum absolute atomic E-state index is 0.668. The summed E-state index contributed by atoms with van der Waals surface area (Å²) >= 11 is 0. The molecule has 244 valence electrons. The van der Waals surface area contributed by atoms with Crippen molar-refractivity contribution in [2.75, 3.05) is 0 Å². The van der Waals surface area contributed by atoms with Gasteiger partial charge in [-0.15, -0.1) is 0 Å². The van der Waals surface area contributed by atoms with E-state index < -0.39 is 0 Å². The van der Waals surface area contributed by atoms with Crippen LogP contribution in [-0.4, -0.2) is 14.5 Å². The predicted molar refractivity (Wildman–Crippen MR) is 222 cm³/mol. The van der Waals surface area contributed by atoms with Crippen LogP contribution >= 0.6 is 0 Å². The van der Waals surface area contributed by atoms with Crippen LogP contribution in [0.3, 0.4) is 0 Å². The number of nitrogens with zero attached hydrogens (tertiary/aromatic N) is 3. The first-order chi connectivity index (χ1) is 26.3. The minimum atomic E-state index is 0.668. The fraction of sp³-hybridized carbons (Fsp3) is 0. The van der Waals surface area contributed by atoms with Crippen LogP contribution in [0.4, 0.5) is 0 Å². The highest BCUT2D eigenvalue weighted by Crippen LogP contribution is 2.51. The van der Waals surface area contributed by atoms with E-state index in [0.717, 1.165) is 44.0 Å². The van der Waals surface area contributed by atoms with Crippen molar-refractivity contribution in [2.45, 2.75) is 0 Å². The molecule has 12 rings (SSSR count). The molecule has 11 aromatic rings. The molecular weight excluding hydrogens is 643 g/mol. The van der Waals surface area contributed by atoms with E-state index in [1.165, 1.54) is 65.7 Å². The van der Waals surface area contributed by atoms with Gasteiger partial charge in [-0.05, 0) is 67.1 Å². The molecule has 2 aromatic heterocycles. The molecule has 0 saturated heterocycles. The third-order valence-corrected chi connectivity index (χ3v) is 11.3. The van der Waals surface area contributed by atoms with Gasteiger partial charge in [-0.2, -0.15) is 0 Å². The van der Waals surface area contributed by atoms with Gasteiger partial charge in [-0.3, -0.25) is 4.57 Å². The number of rotatable bonds is 3. The van der Waals surface area contributed by atoms with Crippen molar-refractivity contribution in [3.63, 3.8) is 0 Å². The Morgan fingerprint density at radius 3 is 1.77 bits per heavy atom. The summed E-state index contributed by atoms with van der Waals surface area (Å²) in [4.78, 5) is 11.1. The van der Waals surface area contributed by atoms with Crippen molar-refractivity contribution in [3.8, 4) is 50.6 Å². The van der Waals surface area contributed by atoms with Gasteiger partial charge in [0.25, 0.3) is 0 Å². The van der Waals surface area contributed by atoms with Gasteiger partial charge in [-0.1, -0.05) is 164 Å². The molecule has 0 radical (unpaired) electrons. The Bertz CT molecular complexity index is 3320. The first-order valence-electron chi connectivity index (χ1n) is 18.2. The molecule has 0 amide bonds. The van der Waals surface area contributed by atoms with Crippen LogP contribution in [0, 0.1) is 0 Å². The van der Waals surface area contributed by atoms with Crippen molar-refractivity contribution in [1.82, 2.24) is 14.5 Å². The summed E-state index contributed by atoms with van der Waals surface area (Å²) in [6.07, 6.45) is 0. The van der Waals surface area contributed by atoms with E-state index in [1.54, 1.807) is 0 Å². The molecule has 0 N–H and O–H groups in total. The molecule has 3 nitrogen and oxygen atoms in total. The van der Waals surface area contributed by atoms with Crippen molar-refractivity contribution in [2.24, 2.45) is 0 Å². The zero-order valence-electron chi connectivity index (χ0n) is 28.6. The number of hydrogen-bond donors (Lipinski definition) is 0. The van der Waals surface area contributed by atoms with E-state index in [9.17, 15) is 0 Å². The van der Waals surface area contributed by atoms with Gasteiger partial charge in [-0.25, -0.2) is 9.97 Å². The first kappa shape index (κ1) is 28.6. The fourth-order valence-electron chi connectivity index (χ4n) is 8.97. The summed E-state index contributed by atoms with van der Waals surface area (Å²) in [5, 5.41) is 10.7. The first-order valence-corrected chi connectivity index (χ1v) is 18.2. The van der Waals surface area contributed by atoms with Crippen LogP contribution in [-0.2, 0) is 0 Å². The molecule has 3 heteroatoms. The summed E-state index contributed by atoms with van der Waals surface area (Å²) in [7, 11) is 0. The lowest BCUT2D eigenvalue weighted by Crippen LogP contribution is -2.04. The predicted octanol–water partition coefficient (Wildman–Crippen LogP) is 13.2. The van der Waals surface area contributed by atoms with Crippen molar-refractivity contribution in [3.05, 3.63) is 176 Å². The largest absolute Gasteiger partial charge is 0.277 e. The van der Waals surface area contributed by atoms with Crippen molar-refractivity contribution >= 4 is 65.0 Å². The zero-order valence-corrected chi connectivity index (χ0v) is 28.6. The zero-order chi connectivity index (χ0) is 34.6. The van der Waals surface area contributed by atoms with Gasteiger partial charge in [0.1, 0.15) is 0 Å².